The molecule has 1 rings (SSSR count). The van der Waals surface area contributed by atoms with Crippen LogP contribution < -0.4 is 0 Å². The average molecular weight is 320 g/mol. The van der Waals surface area contributed by atoms with Crippen molar-refractivity contribution in [2.75, 3.05) is 6.61 Å². The zero-order valence-electron chi connectivity index (χ0n) is 10.3. The quantitative estimate of drug-likeness (QED) is 0.867. The van der Waals surface area contributed by atoms with Crippen molar-refractivity contribution in [1.82, 2.24) is 0 Å². The lowest BCUT2D eigenvalue weighted by molar-refractivity contribution is 0.241. The van der Waals surface area contributed by atoms with Crippen LogP contribution in [0.5, 0.6) is 0 Å². The van der Waals surface area contributed by atoms with Crippen LogP contribution in [0.3, 0.4) is 0 Å². The van der Waals surface area contributed by atoms with Crippen LogP contribution in [-0.4, -0.2) is 22.0 Å². The highest BCUT2D eigenvalue weighted by Crippen LogP contribution is 2.23. The highest BCUT2D eigenvalue weighted by atomic mass is 79.9. The van der Waals surface area contributed by atoms with E-state index in [-0.39, 0.29) is 18.6 Å². The molecule has 1 aromatic rings. The number of rotatable bonds is 4. The van der Waals surface area contributed by atoms with Crippen LogP contribution in [-0.2, 0) is 8.16 Å². The molecule has 5 heteroatoms. The van der Waals surface area contributed by atoms with Crippen LogP contribution in [0.1, 0.15) is 19.4 Å². The lowest BCUT2D eigenvalue weighted by Crippen LogP contribution is -2.18. The average Bonchev–Trinajstić information content (AvgIpc) is 2.26. The predicted molar refractivity (Wildman–Crippen MR) is 74.7 cm³/mol. The first-order valence-corrected chi connectivity index (χ1v) is 8.86. The molecule has 2 atom stereocenters. The van der Waals surface area contributed by atoms with E-state index in [1.54, 1.807) is 12.1 Å². The van der Waals surface area contributed by atoms with Crippen molar-refractivity contribution in [3.05, 3.63) is 29.8 Å². The third kappa shape index (κ3) is 4.08. The van der Waals surface area contributed by atoms with Gasteiger partial charge in [0.05, 0.1) is 17.5 Å². The molecule has 0 radical (unpaired) electrons. The zero-order chi connectivity index (χ0) is 13.1. The van der Waals surface area contributed by atoms with E-state index in [0.717, 1.165) is 5.56 Å². The number of aliphatic hydroxyl groups excluding tert-OH is 1. The summed E-state index contributed by atoms with van der Waals surface area (Å²) in [5, 5.41) is 9.21. The molecule has 0 aliphatic heterocycles. The Bertz CT molecular complexity index is 476. The lowest BCUT2D eigenvalue weighted by atomic mass is 10.1. The molecule has 0 aliphatic rings. The minimum atomic E-state index is -2.61. The van der Waals surface area contributed by atoms with E-state index in [1.807, 2.05) is 32.9 Å². The van der Waals surface area contributed by atoms with Crippen LogP contribution >= 0.6 is 14.8 Å². The van der Waals surface area contributed by atoms with Gasteiger partial charge in [-0.05, 0) is 25.0 Å². The van der Waals surface area contributed by atoms with Crippen molar-refractivity contribution in [2.45, 2.75) is 31.7 Å². The molecule has 1 aromatic carbocycles. The number of aliphatic hydroxyl groups is 1. The van der Waals surface area contributed by atoms with Gasteiger partial charge in [-0.3, -0.25) is 0 Å². The fourth-order valence-electron chi connectivity index (χ4n) is 1.31. The number of nitrogens with zero attached hydrogens (tertiary/aromatic N) is 1. The molecule has 1 unspecified atom stereocenters. The molecule has 0 aromatic heterocycles. The molecular formula is C12H18BrNO2S. The second-order valence-electron chi connectivity index (χ2n) is 4.37. The summed E-state index contributed by atoms with van der Waals surface area (Å²) in [6.07, 6.45) is 0. The van der Waals surface area contributed by atoms with Gasteiger partial charge in [0.15, 0.2) is 0 Å². The lowest BCUT2D eigenvalue weighted by Gasteiger charge is -2.14. The predicted octanol–water partition coefficient (Wildman–Crippen LogP) is 3.15. The zero-order valence-corrected chi connectivity index (χ0v) is 12.7. The first-order valence-electron chi connectivity index (χ1n) is 5.50. The summed E-state index contributed by atoms with van der Waals surface area (Å²) in [7, 11) is -2.61. The summed E-state index contributed by atoms with van der Waals surface area (Å²) >= 11 is 3.17. The van der Waals surface area contributed by atoms with Gasteiger partial charge in [-0.25, -0.2) is 8.57 Å². The van der Waals surface area contributed by atoms with Gasteiger partial charge in [-0.15, -0.1) is 0 Å². The third-order valence-electron chi connectivity index (χ3n) is 2.54. The van der Waals surface area contributed by atoms with Crippen molar-refractivity contribution >= 4 is 23.0 Å². The van der Waals surface area contributed by atoms with Crippen LogP contribution in [0.2, 0.25) is 0 Å². The number of benzene rings is 1. The Kier molecular flexibility index (Phi) is 5.16. The Morgan fingerprint density at radius 1 is 1.35 bits per heavy atom. The van der Waals surface area contributed by atoms with Gasteiger partial charge >= 0.3 is 0 Å². The van der Waals surface area contributed by atoms with Crippen LogP contribution in [0.15, 0.2) is 33.5 Å². The Balaban J connectivity index is 3.13. The van der Waals surface area contributed by atoms with E-state index in [0.29, 0.717) is 4.90 Å². The van der Waals surface area contributed by atoms with E-state index < -0.39 is 8.16 Å². The highest BCUT2D eigenvalue weighted by molar-refractivity contribution is 9.47. The van der Waals surface area contributed by atoms with E-state index in [2.05, 4.69) is 19.2 Å². The molecule has 0 spiro atoms. The van der Waals surface area contributed by atoms with Crippen LogP contribution in [0.25, 0.3) is 0 Å². The molecule has 1 N–H and O–H groups in total. The Hall–Kier alpha value is -0.390. The van der Waals surface area contributed by atoms with Gasteiger partial charge in [0.25, 0.3) is 0 Å². The molecule has 0 saturated carbocycles. The number of halogens is 1. The maximum atomic E-state index is 12.4. The molecule has 0 saturated heterocycles. The maximum Gasteiger partial charge on any atom is 0.136 e. The molecular weight excluding hydrogens is 302 g/mol. The second-order valence-corrected chi connectivity index (χ2v) is 8.60. The summed E-state index contributed by atoms with van der Waals surface area (Å²) in [4.78, 5) is 0.641. The van der Waals surface area contributed by atoms with Crippen molar-refractivity contribution in [3.8, 4) is 0 Å². The first kappa shape index (κ1) is 14.7. The first-order chi connectivity index (χ1) is 7.86. The van der Waals surface area contributed by atoms with Gasteiger partial charge < -0.3 is 5.11 Å². The van der Waals surface area contributed by atoms with E-state index in [4.69, 9.17) is 0 Å². The summed E-state index contributed by atoms with van der Waals surface area (Å²) < 4.78 is 16.6. The normalized spacial score (nSPS) is 16.6. The van der Waals surface area contributed by atoms with Crippen molar-refractivity contribution in [3.63, 3.8) is 0 Å². The minimum Gasteiger partial charge on any atom is -0.394 e. The van der Waals surface area contributed by atoms with E-state index in [1.165, 1.54) is 0 Å². The van der Waals surface area contributed by atoms with E-state index >= 15 is 0 Å². The van der Waals surface area contributed by atoms with Gasteiger partial charge in [0, 0.05) is 14.8 Å². The van der Waals surface area contributed by atoms with Crippen molar-refractivity contribution < 1.29 is 9.32 Å². The molecule has 0 heterocycles. The largest absolute Gasteiger partial charge is 0.394 e. The third-order valence-corrected chi connectivity index (χ3v) is 5.56. The fraction of sp³-hybridized carbons (Fsp3) is 0.500. The van der Waals surface area contributed by atoms with E-state index in [9.17, 15) is 9.32 Å². The molecule has 0 aliphatic carbocycles. The topological polar surface area (TPSA) is 49.7 Å². The Morgan fingerprint density at radius 3 is 2.29 bits per heavy atom. The monoisotopic (exact) mass is 319 g/mol. The molecule has 17 heavy (non-hydrogen) atoms. The molecule has 96 valence electrons. The molecule has 0 fully saturated rings. The molecule has 3 nitrogen and oxygen atoms in total. The summed E-state index contributed by atoms with van der Waals surface area (Å²) in [6.45, 7) is 5.78. The summed E-state index contributed by atoms with van der Waals surface area (Å²) in [5.74, 6) is 0.156. The number of aryl methyl sites for hydroxylation is 1. The van der Waals surface area contributed by atoms with Gasteiger partial charge in [0.2, 0.25) is 0 Å². The maximum absolute atomic E-state index is 12.4. The highest BCUT2D eigenvalue weighted by Gasteiger charge is 2.16. The second kappa shape index (κ2) is 5.98. The van der Waals surface area contributed by atoms with Crippen molar-refractivity contribution in [2.24, 2.45) is 10.3 Å². The Labute approximate surface area is 111 Å². The Morgan fingerprint density at radius 2 is 1.88 bits per heavy atom. The van der Waals surface area contributed by atoms with Gasteiger partial charge in [-0.2, -0.15) is 0 Å². The SMILES string of the molecule is Cc1ccc(S(=O)(Br)=N[C@H](CO)C(C)C)cc1. The molecule has 0 bridgehead atoms. The van der Waals surface area contributed by atoms with Crippen LogP contribution in [0.4, 0.5) is 0 Å². The standard InChI is InChI=1S/C12H18BrNO2S/c1-9(2)12(8-15)14-17(13,16)11-6-4-10(3)5-7-11/h4-7,9,12,15H,8H2,1-3H3/t12-,17?/m1/s1. The van der Waals surface area contributed by atoms with Gasteiger partial charge in [0.1, 0.15) is 8.16 Å². The summed E-state index contributed by atoms with van der Waals surface area (Å²) in [6, 6.07) is 7.07. The molecule has 0 amide bonds. The van der Waals surface area contributed by atoms with Gasteiger partial charge in [-0.1, -0.05) is 31.5 Å². The van der Waals surface area contributed by atoms with Crippen LogP contribution in [0, 0.1) is 12.8 Å². The fourth-order valence-corrected chi connectivity index (χ4v) is 3.85. The summed E-state index contributed by atoms with van der Waals surface area (Å²) in [5.41, 5.74) is 1.11. The van der Waals surface area contributed by atoms with Crippen molar-refractivity contribution in [1.29, 1.82) is 0 Å². The minimum absolute atomic E-state index is 0.0912. The smallest absolute Gasteiger partial charge is 0.136 e. The number of hydrogen-bond acceptors (Lipinski definition) is 3. The number of hydrogen-bond donors (Lipinski definition) is 1.